The quantitative estimate of drug-likeness (QED) is 0.767. The fraction of sp³-hybridized carbons (Fsp3) is 0.700. The molecule has 7 heteroatoms. The van der Waals surface area contributed by atoms with E-state index in [1.54, 1.807) is 6.20 Å². The maximum Gasteiger partial charge on any atom is 0.0834 e. The largest absolute Gasteiger partial charge is 0.322 e. The van der Waals surface area contributed by atoms with E-state index in [1.165, 1.54) is 0 Å². The van der Waals surface area contributed by atoms with Gasteiger partial charge in [0, 0.05) is 12.0 Å². The van der Waals surface area contributed by atoms with Crippen molar-refractivity contribution in [2.75, 3.05) is 13.1 Å². The molecule has 2 aliphatic rings. The van der Waals surface area contributed by atoms with E-state index >= 15 is 0 Å². The lowest BCUT2D eigenvalue weighted by Crippen LogP contribution is -2.42. The Morgan fingerprint density at radius 1 is 1.41 bits per heavy atom. The molecule has 0 radical (unpaired) electrons. The summed E-state index contributed by atoms with van der Waals surface area (Å²) in [4.78, 5) is 0. The lowest BCUT2D eigenvalue weighted by molar-refractivity contribution is 0.158. The van der Waals surface area contributed by atoms with Gasteiger partial charge >= 0.3 is 0 Å². The van der Waals surface area contributed by atoms with Crippen LogP contribution < -0.4 is 11.1 Å². The van der Waals surface area contributed by atoms with Crippen LogP contribution in [-0.4, -0.2) is 22.9 Å². The molecule has 0 aliphatic carbocycles. The van der Waals surface area contributed by atoms with Crippen molar-refractivity contribution in [2.24, 2.45) is 11.1 Å². The van der Waals surface area contributed by atoms with E-state index in [-0.39, 0.29) is 36.3 Å². The highest BCUT2D eigenvalue weighted by Crippen LogP contribution is 2.48. The van der Waals surface area contributed by atoms with Gasteiger partial charge in [-0.1, -0.05) is 11.6 Å². The number of halogens is 3. The average molecular weight is 300 g/mol. The van der Waals surface area contributed by atoms with Gasteiger partial charge < -0.3 is 11.1 Å². The Kier molecular flexibility index (Phi) is 4.72. The Balaban J connectivity index is 0.000000722. The molecule has 2 aliphatic heterocycles. The van der Waals surface area contributed by atoms with Crippen LogP contribution in [-0.2, 0) is 6.54 Å². The minimum absolute atomic E-state index is 0. The van der Waals surface area contributed by atoms with Gasteiger partial charge in [0.2, 0.25) is 0 Å². The molecule has 17 heavy (non-hydrogen) atoms. The average Bonchev–Trinajstić information content (AvgIpc) is 2.71. The Labute approximate surface area is 118 Å². The Morgan fingerprint density at radius 2 is 2.06 bits per heavy atom. The van der Waals surface area contributed by atoms with Crippen LogP contribution in [0.5, 0.6) is 0 Å². The van der Waals surface area contributed by atoms with E-state index in [4.69, 9.17) is 17.3 Å². The van der Waals surface area contributed by atoms with Crippen molar-refractivity contribution < 1.29 is 0 Å². The molecule has 1 atom stereocenters. The fourth-order valence-electron chi connectivity index (χ4n) is 2.89. The lowest BCUT2D eigenvalue weighted by Gasteiger charge is -2.36. The van der Waals surface area contributed by atoms with Gasteiger partial charge in [-0.3, -0.25) is 4.68 Å². The number of fused-ring (bicyclic) bond motifs is 1. The van der Waals surface area contributed by atoms with E-state index in [0.29, 0.717) is 0 Å². The fourth-order valence-corrected chi connectivity index (χ4v) is 3.15. The van der Waals surface area contributed by atoms with Crippen molar-refractivity contribution in [1.82, 2.24) is 15.1 Å². The van der Waals surface area contributed by atoms with E-state index in [9.17, 15) is 0 Å². The van der Waals surface area contributed by atoms with Crippen molar-refractivity contribution in [2.45, 2.75) is 25.4 Å². The van der Waals surface area contributed by atoms with Gasteiger partial charge in [0.1, 0.15) is 0 Å². The molecular weight excluding hydrogens is 282 g/mol. The van der Waals surface area contributed by atoms with E-state index in [2.05, 4.69) is 10.4 Å². The molecule has 1 saturated heterocycles. The number of nitrogens with zero attached hydrogens (tertiary/aromatic N) is 2. The van der Waals surface area contributed by atoms with Crippen LogP contribution in [0.1, 0.15) is 24.6 Å². The summed E-state index contributed by atoms with van der Waals surface area (Å²) in [6, 6.07) is 0.0506. The molecule has 0 unspecified atom stereocenters. The number of nitrogens with one attached hydrogen (secondary N) is 1. The minimum atomic E-state index is 0. The molecule has 1 spiro atoms. The number of hydrogen-bond acceptors (Lipinski definition) is 3. The second kappa shape index (κ2) is 5.33. The molecule has 0 aromatic carbocycles. The highest BCUT2D eigenvalue weighted by molar-refractivity contribution is 6.31. The molecule has 3 heterocycles. The number of piperidine rings is 1. The van der Waals surface area contributed by atoms with Crippen molar-refractivity contribution in [3.63, 3.8) is 0 Å². The summed E-state index contributed by atoms with van der Waals surface area (Å²) in [5.74, 6) is 0. The van der Waals surface area contributed by atoms with Crippen LogP contribution >= 0.6 is 36.4 Å². The second-order valence-corrected chi connectivity index (χ2v) is 5.03. The van der Waals surface area contributed by atoms with Gasteiger partial charge in [0.05, 0.1) is 23.0 Å². The van der Waals surface area contributed by atoms with Gasteiger partial charge in [0.15, 0.2) is 0 Å². The summed E-state index contributed by atoms with van der Waals surface area (Å²) in [5.41, 5.74) is 7.55. The summed E-state index contributed by atoms with van der Waals surface area (Å²) in [5, 5.41) is 8.37. The maximum absolute atomic E-state index is 6.33. The first-order valence-corrected chi connectivity index (χ1v) is 5.78. The molecule has 1 aromatic rings. The minimum Gasteiger partial charge on any atom is -0.322 e. The molecule has 0 amide bonds. The van der Waals surface area contributed by atoms with Crippen LogP contribution in [0.4, 0.5) is 0 Å². The van der Waals surface area contributed by atoms with Gasteiger partial charge in [-0.2, -0.15) is 5.10 Å². The molecule has 1 aromatic heterocycles. The van der Waals surface area contributed by atoms with Gasteiger partial charge in [-0.05, 0) is 25.9 Å². The Bertz CT molecular complexity index is 387. The predicted octanol–water partition coefficient (Wildman–Crippen LogP) is 1.76. The summed E-state index contributed by atoms with van der Waals surface area (Å²) in [6.45, 7) is 3.03. The molecular formula is C10H17Cl3N4. The molecule has 98 valence electrons. The van der Waals surface area contributed by atoms with Crippen molar-refractivity contribution in [3.8, 4) is 0 Å². The highest BCUT2D eigenvalue weighted by Gasteiger charge is 2.46. The summed E-state index contributed by atoms with van der Waals surface area (Å²) in [6.07, 6.45) is 3.94. The first-order chi connectivity index (χ1) is 7.23. The number of rotatable bonds is 0. The number of nitrogens with two attached hydrogens (primary N) is 1. The smallest absolute Gasteiger partial charge is 0.0834 e. The standard InChI is InChI=1S/C10H15ClN4.2ClH/c11-7-5-14-15-6-10(9(12)8(7)15)1-3-13-4-2-10;;/h5,9,13H,1-4,6,12H2;2*1H/t9-;;/m1../s1. The van der Waals surface area contributed by atoms with Crippen LogP contribution in [0.3, 0.4) is 0 Å². The van der Waals surface area contributed by atoms with Crippen molar-refractivity contribution >= 4 is 36.4 Å². The van der Waals surface area contributed by atoms with Crippen molar-refractivity contribution in [3.05, 3.63) is 16.9 Å². The van der Waals surface area contributed by atoms with Gasteiger partial charge in [0.25, 0.3) is 0 Å². The molecule has 0 bridgehead atoms. The molecule has 3 N–H and O–H groups in total. The maximum atomic E-state index is 6.33. The third kappa shape index (κ3) is 2.17. The summed E-state index contributed by atoms with van der Waals surface area (Å²) >= 11 is 6.10. The van der Waals surface area contributed by atoms with Gasteiger partial charge in [-0.25, -0.2) is 0 Å². The lowest BCUT2D eigenvalue weighted by atomic mass is 9.74. The van der Waals surface area contributed by atoms with E-state index < -0.39 is 0 Å². The first kappa shape index (κ1) is 15.1. The van der Waals surface area contributed by atoms with Crippen molar-refractivity contribution in [1.29, 1.82) is 0 Å². The topological polar surface area (TPSA) is 55.9 Å². The van der Waals surface area contributed by atoms with E-state index in [1.807, 2.05) is 4.68 Å². The zero-order valence-electron chi connectivity index (χ0n) is 9.36. The predicted molar refractivity (Wildman–Crippen MR) is 73.2 cm³/mol. The second-order valence-electron chi connectivity index (χ2n) is 4.63. The van der Waals surface area contributed by atoms with Crippen LogP contribution in [0.2, 0.25) is 5.02 Å². The number of aromatic nitrogens is 2. The normalized spacial score (nSPS) is 24.9. The Morgan fingerprint density at radius 3 is 2.65 bits per heavy atom. The Hall–Kier alpha value is -0.000000000000000187. The zero-order chi connectivity index (χ0) is 10.5. The molecule has 4 nitrogen and oxygen atoms in total. The molecule has 3 rings (SSSR count). The summed E-state index contributed by atoms with van der Waals surface area (Å²) in [7, 11) is 0. The molecule has 0 saturated carbocycles. The van der Waals surface area contributed by atoms with Crippen LogP contribution in [0, 0.1) is 5.41 Å². The SMILES string of the molecule is Cl.Cl.N[C@@H]1c2c(Cl)cnn2CC12CCNCC2. The number of hydrogen-bond donors (Lipinski definition) is 2. The van der Waals surface area contributed by atoms with E-state index in [0.717, 1.165) is 43.2 Å². The van der Waals surface area contributed by atoms with Crippen LogP contribution in [0.15, 0.2) is 6.20 Å². The highest BCUT2D eigenvalue weighted by atomic mass is 35.5. The zero-order valence-corrected chi connectivity index (χ0v) is 11.7. The third-order valence-corrected chi connectivity index (χ3v) is 4.14. The van der Waals surface area contributed by atoms with Gasteiger partial charge in [-0.15, -0.1) is 24.8 Å². The third-order valence-electron chi connectivity index (χ3n) is 3.85. The molecule has 1 fully saturated rings. The first-order valence-electron chi connectivity index (χ1n) is 5.40. The van der Waals surface area contributed by atoms with Crippen LogP contribution in [0.25, 0.3) is 0 Å². The monoisotopic (exact) mass is 298 g/mol. The summed E-state index contributed by atoms with van der Waals surface area (Å²) < 4.78 is 1.98.